The van der Waals surface area contributed by atoms with Gasteiger partial charge in [0.15, 0.2) is 0 Å². The lowest BCUT2D eigenvalue weighted by Gasteiger charge is -2.22. The molecule has 4 atom stereocenters. The van der Waals surface area contributed by atoms with Crippen molar-refractivity contribution in [2.45, 2.75) is 26.8 Å². The van der Waals surface area contributed by atoms with Gasteiger partial charge in [-0.3, -0.25) is 0 Å². The van der Waals surface area contributed by atoms with Crippen LogP contribution in [0, 0.1) is 35.3 Å². The Bertz CT molecular complexity index is 1140. The van der Waals surface area contributed by atoms with E-state index < -0.39 is 11.6 Å². The van der Waals surface area contributed by atoms with E-state index in [0.717, 1.165) is 13.1 Å². The fourth-order valence-electron chi connectivity index (χ4n) is 4.41. The standard InChI is InChI=1S/C22H25ClF2N6O/c1-10(2)11(3)29-21-19(20(23)30-22-27-9-28-31(21)22)18-16(24)4-12(5-17(18)25)32-8-15-13-6-26-7-14(13)15/h4-5,9-11,13-15,26,29H,6-8H2,1-3H3/t11-,13-,14+,15?/m1/s1. The minimum atomic E-state index is -0.777. The van der Waals surface area contributed by atoms with Crippen LogP contribution >= 0.6 is 11.6 Å². The quantitative estimate of drug-likeness (QED) is 0.516. The number of hydrogen-bond acceptors (Lipinski definition) is 6. The van der Waals surface area contributed by atoms with Gasteiger partial charge < -0.3 is 15.4 Å². The van der Waals surface area contributed by atoms with E-state index in [1.165, 1.54) is 23.0 Å². The number of nitrogens with one attached hydrogen (secondary N) is 2. The zero-order valence-corrected chi connectivity index (χ0v) is 18.8. The van der Waals surface area contributed by atoms with Crippen LogP contribution in [-0.2, 0) is 0 Å². The molecule has 1 unspecified atom stereocenters. The molecule has 1 aromatic carbocycles. The number of fused-ring (bicyclic) bond motifs is 2. The second kappa shape index (κ2) is 8.12. The maximum atomic E-state index is 15.3. The highest BCUT2D eigenvalue weighted by atomic mass is 35.5. The first kappa shape index (κ1) is 21.3. The molecule has 0 spiro atoms. The van der Waals surface area contributed by atoms with Crippen LogP contribution in [0.1, 0.15) is 20.8 Å². The van der Waals surface area contributed by atoms with Crippen LogP contribution in [0.5, 0.6) is 5.75 Å². The molecule has 1 saturated carbocycles. The number of piperidine rings is 1. The van der Waals surface area contributed by atoms with E-state index in [1.807, 2.05) is 20.8 Å². The number of rotatable bonds is 7. The van der Waals surface area contributed by atoms with E-state index in [4.69, 9.17) is 16.3 Å². The molecular weight excluding hydrogens is 438 g/mol. The molecule has 2 aromatic heterocycles. The molecule has 2 aliphatic rings. The van der Waals surface area contributed by atoms with Crippen LogP contribution in [0.15, 0.2) is 18.5 Å². The second-order valence-electron chi connectivity index (χ2n) is 9.00. The Morgan fingerprint density at radius 2 is 1.88 bits per heavy atom. The van der Waals surface area contributed by atoms with Crippen molar-refractivity contribution in [3.8, 4) is 16.9 Å². The van der Waals surface area contributed by atoms with Crippen LogP contribution in [0.3, 0.4) is 0 Å². The first-order chi connectivity index (χ1) is 15.3. The van der Waals surface area contributed by atoms with Gasteiger partial charge in [-0.15, -0.1) is 0 Å². The van der Waals surface area contributed by atoms with Gasteiger partial charge in [0.25, 0.3) is 5.78 Å². The third-order valence-corrected chi connectivity index (χ3v) is 7.00. The van der Waals surface area contributed by atoms with Crippen molar-refractivity contribution in [3.05, 3.63) is 35.2 Å². The molecule has 2 fully saturated rings. The predicted molar refractivity (Wildman–Crippen MR) is 118 cm³/mol. The average molecular weight is 463 g/mol. The molecule has 5 rings (SSSR count). The molecule has 1 aliphatic carbocycles. The molecule has 7 nitrogen and oxygen atoms in total. The number of ether oxygens (including phenoxy) is 1. The van der Waals surface area contributed by atoms with Gasteiger partial charge in [0, 0.05) is 24.1 Å². The molecule has 0 bridgehead atoms. The van der Waals surface area contributed by atoms with Crippen LogP contribution in [0.4, 0.5) is 14.6 Å². The molecule has 3 heterocycles. The summed E-state index contributed by atoms with van der Waals surface area (Å²) >= 11 is 6.41. The second-order valence-corrected chi connectivity index (χ2v) is 9.36. The summed E-state index contributed by atoms with van der Waals surface area (Å²) < 4.78 is 37.7. The summed E-state index contributed by atoms with van der Waals surface area (Å²) in [5.74, 6) is 1.10. The van der Waals surface area contributed by atoms with E-state index in [9.17, 15) is 0 Å². The third kappa shape index (κ3) is 3.67. The lowest BCUT2D eigenvalue weighted by atomic mass is 10.0. The summed E-state index contributed by atoms with van der Waals surface area (Å²) in [6, 6.07) is 2.37. The van der Waals surface area contributed by atoms with Crippen molar-refractivity contribution >= 4 is 23.2 Å². The number of anilines is 1. The molecule has 0 amide bonds. The van der Waals surface area contributed by atoms with Crippen LogP contribution < -0.4 is 15.4 Å². The molecule has 3 aromatic rings. The van der Waals surface area contributed by atoms with Crippen molar-refractivity contribution in [3.63, 3.8) is 0 Å². The Balaban J connectivity index is 1.50. The number of benzene rings is 1. The lowest BCUT2D eigenvalue weighted by molar-refractivity contribution is 0.278. The summed E-state index contributed by atoms with van der Waals surface area (Å²) in [5, 5.41) is 10.7. The van der Waals surface area contributed by atoms with Crippen molar-refractivity contribution < 1.29 is 13.5 Å². The van der Waals surface area contributed by atoms with Crippen molar-refractivity contribution in [2.75, 3.05) is 25.0 Å². The zero-order valence-electron chi connectivity index (χ0n) is 18.1. The number of hydrogen-bond donors (Lipinski definition) is 2. The molecule has 1 aliphatic heterocycles. The number of halogens is 3. The maximum Gasteiger partial charge on any atom is 0.255 e. The molecule has 10 heteroatoms. The first-order valence-corrected chi connectivity index (χ1v) is 11.2. The highest BCUT2D eigenvalue weighted by Crippen LogP contribution is 2.48. The van der Waals surface area contributed by atoms with Crippen LogP contribution in [0.25, 0.3) is 16.9 Å². The Morgan fingerprint density at radius 3 is 2.53 bits per heavy atom. The first-order valence-electron chi connectivity index (χ1n) is 10.8. The summed E-state index contributed by atoms with van der Waals surface area (Å²) in [7, 11) is 0. The largest absolute Gasteiger partial charge is 0.493 e. The fraction of sp³-hybridized carbons (Fsp3) is 0.500. The van der Waals surface area contributed by atoms with Gasteiger partial charge in [0.1, 0.15) is 34.7 Å². The Kier molecular flexibility index (Phi) is 5.41. The van der Waals surface area contributed by atoms with Gasteiger partial charge in [-0.1, -0.05) is 25.4 Å². The minimum Gasteiger partial charge on any atom is -0.493 e. The van der Waals surface area contributed by atoms with Gasteiger partial charge in [-0.25, -0.2) is 8.78 Å². The molecule has 32 heavy (non-hydrogen) atoms. The average Bonchev–Trinajstić information content (AvgIpc) is 3.10. The summed E-state index contributed by atoms with van der Waals surface area (Å²) in [5.41, 5.74) is -0.181. The topological polar surface area (TPSA) is 76.4 Å². The van der Waals surface area contributed by atoms with Crippen molar-refractivity contribution in [2.24, 2.45) is 23.7 Å². The van der Waals surface area contributed by atoms with E-state index in [-0.39, 0.29) is 39.8 Å². The number of nitrogens with zero attached hydrogens (tertiary/aromatic N) is 4. The van der Waals surface area contributed by atoms with Gasteiger partial charge >= 0.3 is 0 Å². The van der Waals surface area contributed by atoms with Crippen molar-refractivity contribution in [1.29, 1.82) is 0 Å². The normalized spacial score (nSPS) is 22.9. The highest BCUT2D eigenvalue weighted by molar-refractivity contribution is 6.33. The maximum absolute atomic E-state index is 15.3. The van der Waals surface area contributed by atoms with E-state index in [1.54, 1.807) is 0 Å². The molecule has 170 valence electrons. The smallest absolute Gasteiger partial charge is 0.255 e. The van der Waals surface area contributed by atoms with Gasteiger partial charge in [0.05, 0.1) is 17.7 Å². The Hall–Kier alpha value is -2.52. The fourth-order valence-corrected chi connectivity index (χ4v) is 4.67. The molecular formula is C22H25ClF2N6O. The molecule has 0 radical (unpaired) electrons. The Labute approximate surface area is 189 Å². The van der Waals surface area contributed by atoms with Gasteiger partial charge in [-0.05, 0) is 37.8 Å². The van der Waals surface area contributed by atoms with Crippen LogP contribution in [-0.4, -0.2) is 45.3 Å². The van der Waals surface area contributed by atoms with Gasteiger partial charge in [-0.2, -0.15) is 19.6 Å². The molecule has 1 saturated heterocycles. The summed E-state index contributed by atoms with van der Waals surface area (Å²) in [6.07, 6.45) is 1.32. The minimum absolute atomic E-state index is 0.0270. The van der Waals surface area contributed by atoms with E-state index in [2.05, 4.69) is 25.7 Å². The monoisotopic (exact) mass is 462 g/mol. The van der Waals surface area contributed by atoms with Gasteiger partial charge in [0.2, 0.25) is 0 Å². The number of aromatic nitrogens is 4. The predicted octanol–water partition coefficient (Wildman–Crippen LogP) is 4.02. The highest BCUT2D eigenvalue weighted by Gasteiger charge is 2.53. The lowest BCUT2D eigenvalue weighted by Crippen LogP contribution is -2.24. The SMILES string of the molecule is CC(C)[C@@H](C)Nc1c(-c2c(F)cc(OCC3[C@H]4CNC[C@@H]34)cc2F)c(Cl)nc2ncnn12. The Morgan fingerprint density at radius 1 is 1.19 bits per heavy atom. The van der Waals surface area contributed by atoms with E-state index >= 15 is 8.78 Å². The van der Waals surface area contributed by atoms with Crippen LogP contribution in [0.2, 0.25) is 5.15 Å². The van der Waals surface area contributed by atoms with Crippen molar-refractivity contribution in [1.82, 2.24) is 24.9 Å². The molecule has 2 N–H and O–H groups in total. The summed E-state index contributed by atoms with van der Waals surface area (Å²) in [6.45, 7) is 8.48. The summed E-state index contributed by atoms with van der Waals surface area (Å²) in [4.78, 5) is 8.24. The third-order valence-electron chi connectivity index (χ3n) is 6.72. The zero-order chi connectivity index (χ0) is 22.6. The van der Waals surface area contributed by atoms with E-state index in [0.29, 0.717) is 30.2 Å².